The summed E-state index contributed by atoms with van der Waals surface area (Å²) < 4.78 is 0.919. The third-order valence-electron chi connectivity index (χ3n) is 1.73. The zero-order valence-corrected chi connectivity index (χ0v) is 11.7. The van der Waals surface area contributed by atoms with Gasteiger partial charge in [-0.3, -0.25) is 0 Å². The predicted octanol–water partition coefficient (Wildman–Crippen LogP) is 1.48. The van der Waals surface area contributed by atoms with Crippen molar-refractivity contribution in [2.45, 2.75) is 42.4 Å². The van der Waals surface area contributed by atoms with Crippen LogP contribution >= 0.6 is 11.8 Å². The van der Waals surface area contributed by atoms with Crippen molar-refractivity contribution in [3.8, 4) is 0 Å². The van der Waals surface area contributed by atoms with Crippen molar-refractivity contribution in [2.75, 3.05) is 5.75 Å². The maximum atomic E-state index is 5.82. The molecule has 3 heteroatoms. The zero-order valence-electron chi connectivity index (χ0n) is 7.55. The first-order chi connectivity index (χ1) is 5.20. The Hall–Kier alpha value is 1.11. The molecule has 2 unspecified atom stereocenters. The van der Waals surface area contributed by atoms with Crippen LogP contribution in [0, 0.1) is 0 Å². The molecule has 0 bridgehead atoms. The third kappa shape index (κ3) is 7.47. The van der Waals surface area contributed by atoms with Gasteiger partial charge in [0.2, 0.25) is 0 Å². The van der Waals surface area contributed by atoms with E-state index in [1.54, 1.807) is 0 Å². The van der Waals surface area contributed by atoms with Gasteiger partial charge >= 0.3 is 88.2 Å². The van der Waals surface area contributed by atoms with Crippen molar-refractivity contribution < 1.29 is 0 Å². The van der Waals surface area contributed by atoms with Gasteiger partial charge in [0.1, 0.15) is 0 Å². The second-order valence-electron chi connectivity index (χ2n) is 2.74. The molecule has 0 aromatic rings. The summed E-state index contributed by atoms with van der Waals surface area (Å²) in [6, 6.07) is 0.447. The number of nitrogens with two attached hydrogens (primary N) is 1. The number of hydrogen-bond donors (Lipinski definition) is 1. The van der Waals surface area contributed by atoms with Gasteiger partial charge in [0.05, 0.1) is 0 Å². The molecule has 2 N–H and O–H groups in total. The Morgan fingerprint density at radius 1 is 1.36 bits per heavy atom. The molecule has 0 aliphatic carbocycles. The molecule has 0 saturated carbocycles. The first kappa shape index (κ1) is 12.1. The van der Waals surface area contributed by atoms with Crippen molar-refractivity contribution in [1.82, 2.24) is 0 Å². The van der Waals surface area contributed by atoms with E-state index in [4.69, 9.17) is 5.73 Å². The topological polar surface area (TPSA) is 26.0 Å². The third-order valence-corrected chi connectivity index (χ3v) is 5.32. The summed E-state index contributed by atoms with van der Waals surface area (Å²) in [6.45, 7) is 4.40. The van der Waals surface area contributed by atoms with Gasteiger partial charge in [-0.05, 0) is 0 Å². The summed E-state index contributed by atoms with van der Waals surface area (Å²) >= 11 is 3.46. The monoisotopic (exact) mass is 281 g/mol. The molecule has 66 valence electrons. The standard InChI is InChI=1S/C8H18NS.Sn.H/c1-3-8(9)6-5-7-10-4-2;;/h7-8H,3-6,9H2,1-2H3;;. The van der Waals surface area contributed by atoms with E-state index in [0.717, 1.165) is 9.69 Å². The molecule has 0 amide bonds. The van der Waals surface area contributed by atoms with Gasteiger partial charge in [-0.1, -0.05) is 0 Å². The first-order valence-electron chi connectivity index (χ1n) is 4.33. The van der Waals surface area contributed by atoms with Crippen molar-refractivity contribution >= 4 is 34.3 Å². The molecule has 0 heterocycles. The average Bonchev–Trinajstić information content (AvgIpc) is 2.01. The molecule has 0 rings (SSSR count). The molecule has 1 nitrogen and oxygen atoms in total. The van der Waals surface area contributed by atoms with Gasteiger partial charge in [0.25, 0.3) is 0 Å². The fraction of sp³-hybridized carbons (Fsp3) is 1.00. The van der Waals surface area contributed by atoms with Crippen LogP contribution in [0.3, 0.4) is 0 Å². The maximum absolute atomic E-state index is 5.82. The van der Waals surface area contributed by atoms with E-state index in [2.05, 4.69) is 25.6 Å². The quantitative estimate of drug-likeness (QED) is 0.746. The van der Waals surface area contributed by atoms with Crippen molar-refractivity contribution in [1.29, 1.82) is 0 Å². The number of thioether (sulfide) groups is 1. The molecule has 0 fully saturated rings. The van der Waals surface area contributed by atoms with Crippen molar-refractivity contribution in [3.05, 3.63) is 0 Å². The zero-order chi connectivity index (χ0) is 8.69. The molecule has 2 radical (unpaired) electrons. The van der Waals surface area contributed by atoms with Crippen LogP contribution in [0.25, 0.3) is 0 Å². The van der Waals surface area contributed by atoms with Crippen LogP contribution in [0.5, 0.6) is 0 Å². The van der Waals surface area contributed by atoms with Crippen LogP contribution < -0.4 is 5.73 Å². The van der Waals surface area contributed by atoms with Crippen LogP contribution in [0.2, 0.25) is 0 Å². The van der Waals surface area contributed by atoms with E-state index in [1.165, 1.54) is 41.1 Å². The summed E-state index contributed by atoms with van der Waals surface area (Å²) in [4.78, 5) is 0. The Morgan fingerprint density at radius 2 is 2.00 bits per heavy atom. The normalized spacial score (nSPS) is 16.4. The van der Waals surface area contributed by atoms with E-state index >= 15 is 0 Å². The SMILES string of the molecule is CCS[CH]([SnH])CCC(N)CC. The van der Waals surface area contributed by atoms with E-state index in [0.29, 0.717) is 6.04 Å². The van der Waals surface area contributed by atoms with E-state index < -0.39 is 0 Å². The molecular formula is C8H19NSSn. The molecule has 0 aliphatic heterocycles. The molecular weight excluding hydrogens is 261 g/mol. The summed E-state index contributed by atoms with van der Waals surface area (Å²) in [5, 5.41) is 0. The Bertz CT molecular complexity index is 90.2. The molecule has 0 aliphatic rings. The van der Waals surface area contributed by atoms with Crippen LogP contribution in [-0.4, -0.2) is 37.6 Å². The fourth-order valence-corrected chi connectivity index (χ4v) is 3.81. The van der Waals surface area contributed by atoms with Gasteiger partial charge in [-0.25, -0.2) is 0 Å². The fourth-order valence-electron chi connectivity index (χ4n) is 0.880. The molecule has 0 saturated heterocycles. The second-order valence-corrected chi connectivity index (χ2v) is 7.93. The minimum atomic E-state index is 0.447. The van der Waals surface area contributed by atoms with Crippen LogP contribution in [0.15, 0.2) is 0 Å². The predicted molar refractivity (Wildman–Crippen MR) is 56.6 cm³/mol. The summed E-state index contributed by atoms with van der Waals surface area (Å²) in [5.41, 5.74) is 5.82. The summed E-state index contributed by atoms with van der Waals surface area (Å²) in [5.74, 6) is 1.26. The molecule has 2 atom stereocenters. The van der Waals surface area contributed by atoms with Crippen LogP contribution in [0.4, 0.5) is 0 Å². The van der Waals surface area contributed by atoms with Gasteiger partial charge in [-0.15, -0.1) is 0 Å². The van der Waals surface area contributed by atoms with E-state index in [1.807, 2.05) is 0 Å². The molecule has 0 aromatic heterocycles. The van der Waals surface area contributed by atoms with E-state index in [-0.39, 0.29) is 0 Å². The van der Waals surface area contributed by atoms with Gasteiger partial charge in [0, 0.05) is 0 Å². The minimum absolute atomic E-state index is 0.447. The van der Waals surface area contributed by atoms with Crippen molar-refractivity contribution in [3.63, 3.8) is 0 Å². The Balaban J connectivity index is 3.22. The van der Waals surface area contributed by atoms with Gasteiger partial charge in [-0.2, -0.15) is 0 Å². The summed E-state index contributed by atoms with van der Waals surface area (Å²) in [7, 11) is 0. The molecule has 0 spiro atoms. The summed E-state index contributed by atoms with van der Waals surface area (Å²) in [6.07, 6.45) is 3.68. The van der Waals surface area contributed by atoms with Gasteiger partial charge < -0.3 is 0 Å². The van der Waals surface area contributed by atoms with Crippen molar-refractivity contribution in [2.24, 2.45) is 5.73 Å². The van der Waals surface area contributed by atoms with E-state index in [9.17, 15) is 0 Å². The molecule has 11 heavy (non-hydrogen) atoms. The van der Waals surface area contributed by atoms with Crippen LogP contribution in [0.1, 0.15) is 33.1 Å². The first-order valence-corrected chi connectivity index (χ1v) is 7.28. The Labute approximate surface area is 88.0 Å². The number of rotatable bonds is 6. The Kier molecular flexibility index (Phi) is 8.52. The number of hydrogen-bond acceptors (Lipinski definition) is 2. The second kappa shape index (κ2) is 7.74. The van der Waals surface area contributed by atoms with Gasteiger partial charge in [0.15, 0.2) is 0 Å². The molecule has 0 aromatic carbocycles. The van der Waals surface area contributed by atoms with Crippen LogP contribution in [-0.2, 0) is 0 Å². The Morgan fingerprint density at radius 3 is 2.45 bits per heavy atom. The average molecular weight is 280 g/mol.